The van der Waals surface area contributed by atoms with Gasteiger partial charge in [-0.25, -0.2) is 0 Å². The third kappa shape index (κ3) is 4.97. The van der Waals surface area contributed by atoms with E-state index in [-0.39, 0.29) is 49.2 Å². The summed E-state index contributed by atoms with van der Waals surface area (Å²) in [4.78, 5) is 23.4. The summed E-state index contributed by atoms with van der Waals surface area (Å²) in [5, 5.41) is 18.9. The lowest BCUT2D eigenvalue weighted by Gasteiger charge is -2.60. The Labute approximate surface area is 180 Å². The minimum Gasteiger partial charge on any atom is -0.462 e. The summed E-state index contributed by atoms with van der Waals surface area (Å²) in [7, 11) is 0. The van der Waals surface area contributed by atoms with Gasteiger partial charge in [0.15, 0.2) is 0 Å². The van der Waals surface area contributed by atoms with Crippen LogP contribution in [0.4, 0.5) is 0 Å². The van der Waals surface area contributed by atoms with Gasteiger partial charge in [-0.05, 0) is 60.5 Å². The van der Waals surface area contributed by atoms with Gasteiger partial charge in [0.05, 0.1) is 13.2 Å². The Morgan fingerprint density at radius 1 is 1.23 bits per heavy atom. The van der Waals surface area contributed by atoms with Gasteiger partial charge in [0.2, 0.25) is 0 Å². The first-order valence-electron chi connectivity index (χ1n) is 11.0. The molecule has 6 nitrogen and oxygen atoms in total. The van der Waals surface area contributed by atoms with Gasteiger partial charge < -0.3 is 19.7 Å². The van der Waals surface area contributed by atoms with Crippen molar-refractivity contribution in [3.63, 3.8) is 0 Å². The summed E-state index contributed by atoms with van der Waals surface area (Å²) in [5.74, 6) is -0.0641. The average molecular weight is 423 g/mol. The van der Waals surface area contributed by atoms with Crippen LogP contribution in [0.5, 0.6) is 0 Å². The van der Waals surface area contributed by atoms with E-state index < -0.39 is 5.41 Å². The minimum absolute atomic E-state index is 0.0507. The number of hydrogen-bond acceptors (Lipinski definition) is 6. The Morgan fingerprint density at radius 2 is 1.93 bits per heavy atom. The first-order chi connectivity index (χ1) is 14.1. The maximum Gasteiger partial charge on any atom is 0.302 e. The highest BCUT2D eigenvalue weighted by molar-refractivity contribution is 5.67. The first kappa shape index (κ1) is 24.6. The molecule has 0 aromatic carbocycles. The molecule has 0 bridgehead atoms. The molecule has 0 amide bonds. The number of esters is 2. The molecule has 170 valence electrons. The fraction of sp³-hybridized carbons (Fsp3) is 0.750. The molecule has 0 saturated heterocycles. The largest absolute Gasteiger partial charge is 0.462 e. The van der Waals surface area contributed by atoms with Crippen LogP contribution in [0.25, 0.3) is 0 Å². The van der Waals surface area contributed by atoms with Crippen molar-refractivity contribution < 1.29 is 29.3 Å². The number of aliphatic hydroxyl groups is 2. The highest BCUT2D eigenvalue weighted by Gasteiger charge is 2.59. The monoisotopic (exact) mass is 422 g/mol. The molecule has 6 heteroatoms. The Kier molecular flexibility index (Phi) is 8.28. The van der Waals surface area contributed by atoms with Crippen LogP contribution in [0.15, 0.2) is 23.3 Å². The molecular formula is C24H38O6. The lowest BCUT2D eigenvalue weighted by atomic mass is 9.45. The van der Waals surface area contributed by atoms with Crippen molar-refractivity contribution in [3.05, 3.63) is 23.3 Å². The van der Waals surface area contributed by atoms with Crippen molar-refractivity contribution in [2.45, 2.75) is 72.8 Å². The van der Waals surface area contributed by atoms with Crippen molar-refractivity contribution in [2.24, 2.45) is 22.7 Å². The van der Waals surface area contributed by atoms with Crippen LogP contribution in [-0.2, 0) is 19.1 Å². The van der Waals surface area contributed by atoms with Crippen molar-refractivity contribution in [3.8, 4) is 0 Å². The predicted octanol–water partition coefficient (Wildman–Crippen LogP) is 3.56. The second kappa shape index (κ2) is 10.1. The lowest BCUT2D eigenvalue weighted by molar-refractivity contribution is -0.176. The first-order valence-corrected chi connectivity index (χ1v) is 11.0. The van der Waals surface area contributed by atoms with Gasteiger partial charge in [0, 0.05) is 19.3 Å². The van der Waals surface area contributed by atoms with E-state index in [2.05, 4.69) is 26.8 Å². The quantitative estimate of drug-likeness (QED) is 0.459. The van der Waals surface area contributed by atoms with Crippen LogP contribution in [0.3, 0.4) is 0 Å². The van der Waals surface area contributed by atoms with E-state index in [1.165, 1.54) is 13.8 Å². The summed E-state index contributed by atoms with van der Waals surface area (Å²) in [6, 6.07) is 0. The van der Waals surface area contributed by atoms with Crippen molar-refractivity contribution in [1.82, 2.24) is 0 Å². The SMILES string of the molecule is CC(=O)OCC1=CCCC2C(C)(CCC(=CCO)CO)C(C)CC(OC(C)=O)C12C. The Hall–Kier alpha value is -1.66. The molecule has 2 aliphatic carbocycles. The standard InChI is InChI=1S/C24H38O6/c1-16-13-22(30-18(3)28)24(5)20(15-29-17(2)27)7-6-8-21(24)23(16,4)11-9-19(14-26)10-12-25/h7,10,16,21-22,25-26H,6,8-9,11-15H2,1-5H3. The van der Waals surface area contributed by atoms with E-state index in [0.29, 0.717) is 12.3 Å². The van der Waals surface area contributed by atoms with Crippen LogP contribution in [0.2, 0.25) is 0 Å². The van der Waals surface area contributed by atoms with E-state index in [1.54, 1.807) is 6.08 Å². The maximum absolute atomic E-state index is 11.9. The third-order valence-electron chi connectivity index (χ3n) is 7.73. The zero-order chi connectivity index (χ0) is 22.5. The second-order valence-corrected chi connectivity index (χ2v) is 9.37. The molecule has 0 spiro atoms. The third-order valence-corrected chi connectivity index (χ3v) is 7.73. The molecule has 0 radical (unpaired) electrons. The van der Waals surface area contributed by atoms with Gasteiger partial charge in [-0.3, -0.25) is 9.59 Å². The number of aliphatic hydroxyl groups excluding tert-OH is 2. The van der Waals surface area contributed by atoms with Gasteiger partial charge in [0.1, 0.15) is 12.7 Å². The van der Waals surface area contributed by atoms with Gasteiger partial charge >= 0.3 is 11.9 Å². The molecule has 0 heterocycles. The second-order valence-electron chi connectivity index (χ2n) is 9.37. The molecule has 5 atom stereocenters. The summed E-state index contributed by atoms with van der Waals surface area (Å²) in [5.41, 5.74) is 1.42. The number of ether oxygens (including phenoxy) is 2. The van der Waals surface area contributed by atoms with Gasteiger partial charge in [0.25, 0.3) is 0 Å². The Morgan fingerprint density at radius 3 is 2.50 bits per heavy atom. The van der Waals surface area contributed by atoms with E-state index in [9.17, 15) is 19.8 Å². The van der Waals surface area contributed by atoms with Crippen LogP contribution < -0.4 is 0 Å². The maximum atomic E-state index is 11.9. The topological polar surface area (TPSA) is 93.1 Å². The van der Waals surface area contributed by atoms with Crippen molar-refractivity contribution in [1.29, 1.82) is 0 Å². The number of fused-ring (bicyclic) bond motifs is 1. The van der Waals surface area contributed by atoms with E-state index >= 15 is 0 Å². The summed E-state index contributed by atoms with van der Waals surface area (Å²) < 4.78 is 11.2. The highest BCUT2D eigenvalue weighted by atomic mass is 16.5. The highest BCUT2D eigenvalue weighted by Crippen LogP contribution is 2.62. The van der Waals surface area contributed by atoms with E-state index in [1.807, 2.05) is 0 Å². The molecule has 5 unspecified atom stereocenters. The van der Waals surface area contributed by atoms with Crippen molar-refractivity contribution in [2.75, 3.05) is 19.8 Å². The van der Waals surface area contributed by atoms with Crippen LogP contribution in [-0.4, -0.2) is 48.1 Å². The summed E-state index contributed by atoms with van der Waals surface area (Å²) in [6.45, 7) is 9.61. The molecule has 1 saturated carbocycles. The van der Waals surface area contributed by atoms with Crippen LogP contribution in [0, 0.1) is 22.7 Å². The number of hydrogen-bond donors (Lipinski definition) is 2. The molecule has 2 rings (SSSR count). The zero-order valence-corrected chi connectivity index (χ0v) is 19.1. The van der Waals surface area contributed by atoms with Gasteiger partial charge in [-0.2, -0.15) is 0 Å². The normalized spacial score (nSPS) is 34.0. The fourth-order valence-electron chi connectivity index (χ4n) is 5.78. The lowest BCUT2D eigenvalue weighted by Crippen LogP contribution is -2.58. The average Bonchev–Trinajstić information content (AvgIpc) is 2.68. The van der Waals surface area contributed by atoms with Crippen LogP contribution in [0.1, 0.15) is 66.7 Å². The Bertz CT molecular complexity index is 696. The Balaban J connectivity index is 2.41. The van der Waals surface area contributed by atoms with E-state index in [0.717, 1.165) is 36.8 Å². The molecule has 30 heavy (non-hydrogen) atoms. The molecule has 2 N–H and O–H groups in total. The smallest absolute Gasteiger partial charge is 0.302 e. The molecule has 2 aliphatic rings. The number of carbonyl (C=O) groups excluding carboxylic acids is 2. The number of rotatable bonds is 8. The summed E-state index contributed by atoms with van der Waals surface area (Å²) in [6.07, 6.45) is 7.75. The predicted molar refractivity (Wildman–Crippen MR) is 114 cm³/mol. The zero-order valence-electron chi connectivity index (χ0n) is 19.1. The number of allylic oxidation sites excluding steroid dienone is 1. The molecular weight excluding hydrogens is 384 g/mol. The minimum atomic E-state index is -0.416. The molecule has 0 aliphatic heterocycles. The fourth-order valence-corrected chi connectivity index (χ4v) is 5.78. The van der Waals surface area contributed by atoms with E-state index in [4.69, 9.17) is 9.47 Å². The molecule has 1 fully saturated rings. The van der Waals surface area contributed by atoms with Gasteiger partial charge in [-0.15, -0.1) is 0 Å². The summed E-state index contributed by atoms with van der Waals surface area (Å²) >= 11 is 0. The van der Waals surface area contributed by atoms with Crippen molar-refractivity contribution >= 4 is 11.9 Å². The molecule has 0 aromatic rings. The molecule has 0 aromatic heterocycles. The van der Waals surface area contributed by atoms with Crippen LogP contribution >= 0.6 is 0 Å². The van der Waals surface area contributed by atoms with Gasteiger partial charge in [-0.1, -0.05) is 32.9 Å². The number of carbonyl (C=O) groups is 2.